The van der Waals surface area contributed by atoms with Crippen molar-refractivity contribution in [2.75, 3.05) is 25.0 Å². The summed E-state index contributed by atoms with van der Waals surface area (Å²) in [5.74, 6) is 0. The van der Waals surface area contributed by atoms with E-state index in [-0.39, 0.29) is 0 Å². The molecular formula is C14H22N2. The maximum atomic E-state index is 3.54. The van der Waals surface area contributed by atoms with Crippen LogP contribution in [0.4, 0.5) is 5.69 Å². The van der Waals surface area contributed by atoms with E-state index in [9.17, 15) is 0 Å². The molecule has 1 unspecified atom stereocenters. The molecule has 88 valence electrons. The van der Waals surface area contributed by atoms with Gasteiger partial charge in [-0.05, 0) is 37.6 Å². The molecule has 0 saturated heterocycles. The smallest absolute Gasteiger partial charge is 0.0373 e. The summed E-state index contributed by atoms with van der Waals surface area (Å²) < 4.78 is 0. The fourth-order valence-electron chi connectivity index (χ4n) is 2.57. The van der Waals surface area contributed by atoms with E-state index in [0.29, 0.717) is 6.04 Å². The zero-order chi connectivity index (χ0) is 11.4. The van der Waals surface area contributed by atoms with Crippen LogP contribution in [0.1, 0.15) is 25.8 Å². The van der Waals surface area contributed by atoms with Crippen LogP contribution in [0.3, 0.4) is 0 Å². The van der Waals surface area contributed by atoms with Crippen molar-refractivity contribution in [2.24, 2.45) is 0 Å². The van der Waals surface area contributed by atoms with E-state index in [0.717, 1.165) is 13.1 Å². The second-order valence-corrected chi connectivity index (χ2v) is 4.52. The molecule has 1 aromatic rings. The molecule has 0 bridgehead atoms. The molecule has 1 aliphatic heterocycles. The Bertz CT molecular complexity index is 335. The second kappa shape index (κ2) is 5.35. The largest absolute Gasteiger partial charge is 0.383 e. The molecule has 1 N–H and O–H groups in total. The number of benzene rings is 1. The molecule has 1 heterocycles. The zero-order valence-electron chi connectivity index (χ0n) is 10.4. The lowest BCUT2D eigenvalue weighted by Crippen LogP contribution is -2.44. The number of nitrogens with zero attached hydrogens (tertiary/aromatic N) is 1. The predicted molar refractivity (Wildman–Crippen MR) is 70.0 cm³/mol. The minimum absolute atomic E-state index is 0.667. The number of fused-ring (bicyclic) bond motifs is 1. The Labute approximate surface area is 98.7 Å². The van der Waals surface area contributed by atoms with Crippen molar-refractivity contribution in [1.29, 1.82) is 0 Å². The number of hydrogen-bond donors (Lipinski definition) is 1. The Morgan fingerprint density at radius 2 is 2.12 bits per heavy atom. The van der Waals surface area contributed by atoms with Gasteiger partial charge in [-0.15, -0.1) is 0 Å². The molecule has 0 fully saturated rings. The molecule has 2 nitrogen and oxygen atoms in total. The Morgan fingerprint density at radius 3 is 2.88 bits per heavy atom. The molecule has 1 aromatic carbocycles. The van der Waals surface area contributed by atoms with Gasteiger partial charge in [0, 0.05) is 18.3 Å². The summed E-state index contributed by atoms with van der Waals surface area (Å²) in [6.45, 7) is 7.97. The summed E-state index contributed by atoms with van der Waals surface area (Å²) in [7, 11) is 0. The summed E-state index contributed by atoms with van der Waals surface area (Å²) >= 11 is 0. The van der Waals surface area contributed by atoms with E-state index in [1.807, 2.05) is 0 Å². The standard InChI is InChI=1S/C14H22N2/c1-3-9-16(4-2)13-10-12-7-5-6-8-14(12)15-11-13/h5-8,13,15H,3-4,9-11H2,1-2H3. The molecule has 0 aromatic heterocycles. The van der Waals surface area contributed by atoms with Crippen molar-refractivity contribution in [2.45, 2.75) is 32.7 Å². The van der Waals surface area contributed by atoms with E-state index in [2.05, 4.69) is 48.3 Å². The highest BCUT2D eigenvalue weighted by molar-refractivity contribution is 5.53. The van der Waals surface area contributed by atoms with Crippen LogP contribution in [-0.2, 0) is 6.42 Å². The van der Waals surface area contributed by atoms with Gasteiger partial charge in [-0.3, -0.25) is 4.90 Å². The average Bonchev–Trinajstić information content (AvgIpc) is 2.35. The highest BCUT2D eigenvalue weighted by Crippen LogP contribution is 2.23. The Kier molecular flexibility index (Phi) is 3.83. The van der Waals surface area contributed by atoms with Gasteiger partial charge in [0.25, 0.3) is 0 Å². The van der Waals surface area contributed by atoms with Gasteiger partial charge < -0.3 is 5.32 Å². The van der Waals surface area contributed by atoms with Crippen LogP contribution in [0.25, 0.3) is 0 Å². The molecule has 0 spiro atoms. The van der Waals surface area contributed by atoms with Crippen LogP contribution in [0.5, 0.6) is 0 Å². The normalized spacial score (nSPS) is 19.3. The highest BCUT2D eigenvalue weighted by Gasteiger charge is 2.21. The van der Waals surface area contributed by atoms with Crippen LogP contribution in [0.2, 0.25) is 0 Å². The topological polar surface area (TPSA) is 15.3 Å². The monoisotopic (exact) mass is 218 g/mol. The molecule has 0 saturated carbocycles. The van der Waals surface area contributed by atoms with Gasteiger partial charge in [-0.1, -0.05) is 32.0 Å². The second-order valence-electron chi connectivity index (χ2n) is 4.52. The fourth-order valence-corrected chi connectivity index (χ4v) is 2.57. The summed E-state index contributed by atoms with van der Waals surface area (Å²) in [4.78, 5) is 2.59. The van der Waals surface area contributed by atoms with Crippen molar-refractivity contribution in [3.8, 4) is 0 Å². The Morgan fingerprint density at radius 1 is 1.31 bits per heavy atom. The van der Waals surface area contributed by atoms with E-state index < -0.39 is 0 Å². The number of nitrogens with one attached hydrogen (secondary N) is 1. The van der Waals surface area contributed by atoms with Crippen LogP contribution in [-0.4, -0.2) is 30.6 Å². The number of para-hydroxylation sites is 1. The number of anilines is 1. The molecule has 2 rings (SSSR count). The van der Waals surface area contributed by atoms with Crippen molar-refractivity contribution < 1.29 is 0 Å². The van der Waals surface area contributed by atoms with Gasteiger partial charge in [0.05, 0.1) is 0 Å². The maximum absolute atomic E-state index is 3.54. The van der Waals surface area contributed by atoms with Gasteiger partial charge in [0.2, 0.25) is 0 Å². The number of hydrogen-bond acceptors (Lipinski definition) is 2. The quantitative estimate of drug-likeness (QED) is 0.836. The molecule has 16 heavy (non-hydrogen) atoms. The molecule has 1 aliphatic rings. The zero-order valence-corrected chi connectivity index (χ0v) is 10.4. The first-order chi connectivity index (χ1) is 7.85. The molecule has 0 radical (unpaired) electrons. The van der Waals surface area contributed by atoms with E-state index in [1.54, 1.807) is 0 Å². The predicted octanol–water partition coefficient (Wildman–Crippen LogP) is 2.76. The van der Waals surface area contributed by atoms with Crippen molar-refractivity contribution in [3.05, 3.63) is 29.8 Å². The van der Waals surface area contributed by atoms with E-state index in [4.69, 9.17) is 0 Å². The lowest BCUT2D eigenvalue weighted by Gasteiger charge is -2.35. The van der Waals surface area contributed by atoms with E-state index in [1.165, 1.54) is 30.6 Å². The lowest BCUT2D eigenvalue weighted by atomic mass is 9.98. The lowest BCUT2D eigenvalue weighted by molar-refractivity contribution is 0.210. The minimum Gasteiger partial charge on any atom is -0.383 e. The third kappa shape index (κ3) is 2.38. The van der Waals surface area contributed by atoms with Gasteiger partial charge in [0.15, 0.2) is 0 Å². The Balaban J connectivity index is 2.06. The first kappa shape index (κ1) is 11.5. The summed E-state index contributed by atoms with van der Waals surface area (Å²) in [5.41, 5.74) is 2.79. The number of rotatable bonds is 4. The SMILES string of the molecule is CCCN(CC)C1CNc2ccccc2C1. The van der Waals surface area contributed by atoms with Crippen LogP contribution in [0, 0.1) is 0 Å². The van der Waals surface area contributed by atoms with Gasteiger partial charge in [-0.25, -0.2) is 0 Å². The average molecular weight is 218 g/mol. The van der Waals surface area contributed by atoms with Crippen molar-refractivity contribution >= 4 is 5.69 Å². The molecular weight excluding hydrogens is 196 g/mol. The molecule has 0 aliphatic carbocycles. The molecule has 0 amide bonds. The summed E-state index contributed by atoms with van der Waals surface area (Å²) in [6, 6.07) is 9.34. The molecule has 1 atom stereocenters. The highest BCUT2D eigenvalue weighted by atomic mass is 15.2. The maximum Gasteiger partial charge on any atom is 0.0373 e. The van der Waals surface area contributed by atoms with Gasteiger partial charge >= 0.3 is 0 Å². The van der Waals surface area contributed by atoms with Crippen LogP contribution >= 0.6 is 0 Å². The first-order valence-electron chi connectivity index (χ1n) is 6.41. The first-order valence-corrected chi connectivity index (χ1v) is 6.41. The third-order valence-corrected chi connectivity index (χ3v) is 3.43. The third-order valence-electron chi connectivity index (χ3n) is 3.43. The molecule has 2 heteroatoms. The van der Waals surface area contributed by atoms with E-state index >= 15 is 0 Å². The van der Waals surface area contributed by atoms with Gasteiger partial charge in [0.1, 0.15) is 0 Å². The summed E-state index contributed by atoms with van der Waals surface area (Å²) in [5, 5.41) is 3.54. The Hall–Kier alpha value is -1.02. The van der Waals surface area contributed by atoms with Crippen molar-refractivity contribution in [1.82, 2.24) is 4.90 Å². The van der Waals surface area contributed by atoms with Gasteiger partial charge in [-0.2, -0.15) is 0 Å². The van der Waals surface area contributed by atoms with Crippen LogP contribution in [0.15, 0.2) is 24.3 Å². The van der Waals surface area contributed by atoms with Crippen LogP contribution < -0.4 is 5.32 Å². The fraction of sp³-hybridized carbons (Fsp3) is 0.571. The van der Waals surface area contributed by atoms with Crippen molar-refractivity contribution in [3.63, 3.8) is 0 Å². The number of likely N-dealkylation sites (N-methyl/N-ethyl adjacent to an activating group) is 1. The minimum atomic E-state index is 0.667. The summed E-state index contributed by atoms with van der Waals surface area (Å²) in [6.07, 6.45) is 2.43.